The van der Waals surface area contributed by atoms with Gasteiger partial charge in [0.25, 0.3) is 0 Å². The summed E-state index contributed by atoms with van der Waals surface area (Å²) in [6.07, 6.45) is 0.990. The highest BCUT2D eigenvalue weighted by atomic mass is 79.9. The van der Waals surface area contributed by atoms with Crippen LogP contribution in [-0.2, 0) is 0 Å². The van der Waals surface area contributed by atoms with Crippen LogP contribution in [0.15, 0.2) is 28.1 Å². The van der Waals surface area contributed by atoms with Gasteiger partial charge in [-0.3, -0.25) is 0 Å². The Kier molecular flexibility index (Phi) is 5.61. The predicted octanol–water partition coefficient (Wildman–Crippen LogP) is 5.70. The number of hydrogen-bond acceptors (Lipinski definition) is 2. The van der Waals surface area contributed by atoms with Gasteiger partial charge in [0.2, 0.25) is 0 Å². The van der Waals surface area contributed by atoms with E-state index in [1.807, 2.05) is 6.92 Å². The summed E-state index contributed by atoms with van der Waals surface area (Å²) in [5.41, 5.74) is 1.76. The summed E-state index contributed by atoms with van der Waals surface area (Å²) in [4.78, 5) is 1.09. The third-order valence-electron chi connectivity index (χ3n) is 3.03. The lowest BCUT2D eigenvalue weighted by Crippen LogP contribution is -2.23. The van der Waals surface area contributed by atoms with Crippen LogP contribution >= 0.6 is 38.9 Å². The zero-order valence-electron chi connectivity index (χ0n) is 11.3. The minimum atomic E-state index is -0.231. The Morgan fingerprint density at radius 2 is 2.15 bits per heavy atom. The van der Waals surface area contributed by atoms with Crippen LogP contribution in [-0.4, -0.2) is 6.54 Å². The third kappa shape index (κ3) is 3.61. The molecule has 20 heavy (non-hydrogen) atoms. The van der Waals surface area contributed by atoms with Crippen LogP contribution in [0.4, 0.5) is 4.39 Å². The highest BCUT2D eigenvalue weighted by molar-refractivity contribution is 9.11. The molecule has 1 atom stereocenters. The van der Waals surface area contributed by atoms with E-state index < -0.39 is 0 Å². The number of aryl methyl sites for hydroxylation is 1. The fraction of sp³-hybridized carbons (Fsp3) is 0.333. The second kappa shape index (κ2) is 7.03. The van der Waals surface area contributed by atoms with Crippen LogP contribution in [0.3, 0.4) is 0 Å². The van der Waals surface area contributed by atoms with Crippen LogP contribution in [0.25, 0.3) is 0 Å². The van der Waals surface area contributed by atoms with Gasteiger partial charge in [-0.15, -0.1) is 11.3 Å². The van der Waals surface area contributed by atoms with Gasteiger partial charge in [-0.05, 0) is 65.6 Å². The first kappa shape index (κ1) is 16.0. The average molecular weight is 377 g/mol. The maximum Gasteiger partial charge on any atom is 0.128 e. The lowest BCUT2D eigenvalue weighted by Gasteiger charge is -2.18. The van der Waals surface area contributed by atoms with Crippen LogP contribution in [0, 0.1) is 12.7 Å². The summed E-state index contributed by atoms with van der Waals surface area (Å²) < 4.78 is 15.2. The molecule has 1 aromatic heterocycles. The van der Waals surface area contributed by atoms with E-state index in [0.717, 1.165) is 27.2 Å². The molecule has 0 spiro atoms. The van der Waals surface area contributed by atoms with Gasteiger partial charge in [0.1, 0.15) is 5.82 Å². The molecule has 0 bridgehead atoms. The summed E-state index contributed by atoms with van der Waals surface area (Å²) in [5, 5.41) is 3.95. The van der Waals surface area contributed by atoms with Crippen LogP contribution in [0.1, 0.15) is 35.4 Å². The minimum absolute atomic E-state index is 0.163. The van der Waals surface area contributed by atoms with Crippen LogP contribution in [0.2, 0.25) is 5.02 Å². The van der Waals surface area contributed by atoms with Crippen molar-refractivity contribution in [3.05, 3.63) is 54.9 Å². The molecule has 0 aliphatic heterocycles. The monoisotopic (exact) mass is 375 g/mol. The molecule has 108 valence electrons. The van der Waals surface area contributed by atoms with Crippen molar-refractivity contribution >= 4 is 38.9 Å². The quantitative estimate of drug-likeness (QED) is 0.705. The molecule has 0 saturated carbocycles. The molecule has 0 radical (unpaired) electrons. The van der Waals surface area contributed by atoms with Gasteiger partial charge in [-0.1, -0.05) is 18.5 Å². The summed E-state index contributed by atoms with van der Waals surface area (Å²) in [7, 11) is 0. The topological polar surface area (TPSA) is 12.0 Å². The molecular weight excluding hydrogens is 361 g/mol. The standard InChI is InChI=1S/C15H16BrClFNS/c1-3-6-19-14(13-7-9(2)15(16)20-13)11-8-10(17)4-5-12(11)18/h4-5,7-8,14,19H,3,6H2,1-2H3. The molecule has 5 heteroatoms. The van der Waals surface area contributed by atoms with E-state index in [9.17, 15) is 4.39 Å². The summed E-state index contributed by atoms with van der Waals surface area (Å²) in [5.74, 6) is -0.231. The summed E-state index contributed by atoms with van der Waals surface area (Å²) in [6, 6.07) is 6.62. The largest absolute Gasteiger partial charge is 0.306 e. The molecule has 0 amide bonds. The van der Waals surface area contributed by atoms with E-state index in [1.54, 1.807) is 23.5 Å². The molecule has 1 heterocycles. The molecule has 1 unspecified atom stereocenters. The zero-order valence-corrected chi connectivity index (χ0v) is 14.5. The predicted molar refractivity (Wildman–Crippen MR) is 88.3 cm³/mol. The summed E-state index contributed by atoms with van der Waals surface area (Å²) >= 11 is 11.2. The lowest BCUT2D eigenvalue weighted by atomic mass is 10.0. The summed E-state index contributed by atoms with van der Waals surface area (Å²) in [6.45, 7) is 4.95. The Morgan fingerprint density at radius 1 is 1.40 bits per heavy atom. The van der Waals surface area contributed by atoms with Crippen LogP contribution in [0.5, 0.6) is 0 Å². The van der Waals surface area contributed by atoms with Crippen molar-refractivity contribution in [3.8, 4) is 0 Å². The molecule has 0 aliphatic carbocycles. The molecule has 1 aromatic carbocycles. The van der Waals surface area contributed by atoms with Gasteiger partial charge < -0.3 is 5.32 Å². The van der Waals surface area contributed by atoms with E-state index in [-0.39, 0.29) is 11.9 Å². The minimum Gasteiger partial charge on any atom is -0.306 e. The van der Waals surface area contributed by atoms with Crippen molar-refractivity contribution in [2.24, 2.45) is 0 Å². The van der Waals surface area contributed by atoms with Gasteiger partial charge in [0.15, 0.2) is 0 Å². The number of halogens is 3. The Morgan fingerprint density at radius 3 is 2.75 bits per heavy atom. The van der Waals surface area contributed by atoms with Crippen LogP contribution < -0.4 is 5.32 Å². The highest BCUT2D eigenvalue weighted by Crippen LogP contribution is 2.35. The second-order valence-electron chi connectivity index (χ2n) is 4.66. The molecular formula is C15H16BrClFNS. The smallest absolute Gasteiger partial charge is 0.128 e. The van der Waals surface area contributed by atoms with Crippen molar-refractivity contribution in [1.29, 1.82) is 0 Å². The molecule has 1 N–H and O–H groups in total. The Hall–Kier alpha value is -0.420. The third-order valence-corrected chi connectivity index (χ3v) is 5.46. The zero-order chi connectivity index (χ0) is 14.7. The average Bonchev–Trinajstić information content (AvgIpc) is 2.74. The maximum absolute atomic E-state index is 14.1. The first-order valence-corrected chi connectivity index (χ1v) is 8.45. The van der Waals surface area contributed by atoms with Crippen molar-refractivity contribution in [1.82, 2.24) is 5.32 Å². The van der Waals surface area contributed by atoms with Gasteiger partial charge >= 0.3 is 0 Å². The van der Waals surface area contributed by atoms with Crippen molar-refractivity contribution in [3.63, 3.8) is 0 Å². The fourth-order valence-corrected chi connectivity index (χ4v) is 3.86. The van der Waals surface area contributed by atoms with Gasteiger partial charge in [0.05, 0.1) is 9.83 Å². The first-order chi connectivity index (χ1) is 9.52. The van der Waals surface area contributed by atoms with Gasteiger partial charge in [-0.25, -0.2) is 4.39 Å². The van der Waals surface area contributed by atoms with E-state index >= 15 is 0 Å². The molecule has 1 nitrogen and oxygen atoms in total. The second-order valence-corrected chi connectivity index (χ2v) is 7.50. The van der Waals surface area contributed by atoms with Crippen molar-refractivity contribution in [2.75, 3.05) is 6.54 Å². The number of benzene rings is 1. The SMILES string of the molecule is CCCNC(c1cc(C)c(Br)s1)c1cc(Cl)ccc1F. The molecule has 2 aromatic rings. The van der Waals surface area contributed by atoms with Crippen molar-refractivity contribution < 1.29 is 4.39 Å². The molecule has 0 aliphatic rings. The molecule has 2 rings (SSSR count). The Labute approximate surface area is 136 Å². The lowest BCUT2D eigenvalue weighted by molar-refractivity contribution is 0.551. The molecule has 0 fully saturated rings. The maximum atomic E-state index is 14.1. The van der Waals surface area contributed by atoms with E-state index in [2.05, 4.69) is 34.2 Å². The number of rotatable bonds is 5. The highest BCUT2D eigenvalue weighted by Gasteiger charge is 2.20. The van der Waals surface area contributed by atoms with Crippen molar-refractivity contribution in [2.45, 2.75) is 26.3 Å². The molecule has 0 saturated heterocycles. The Balaban J connectivity index is 2.43. The van der Waals surface area contributed by atoms with Gasteiger partial charge in [-0.2, -0.15) is 0 Å². The van der Waals surface area contributed by atoms with Gasteiger partial charge in [0, 0.05) is 15.5 Å². The normalized spacial score (nSPS) is 12.7. The van der Waals surface area contributed by atoms with E-state index in [1.165, 1.54) is 6.07 Å². The number of hydrogen-bond donors (Lipinski definition) is 1. The first-order valence-electron chi connectivity index (χ1n) is 6.47. The Bertz CT molecular complexity index is 580. The van der Waals surface area contributed by atoms with E-state index in [4.69, 9.17) is 11.6 Å². The fourth-order valence-electron chi connectivity index (χ4n) is 2.01. The van der Waals surface area contributed by atoms with E-state index in [0.29, 0.717) is 10.6 Å². The number of thiophene rings is 1. The number of nitrogens with one attached hydrogen (secondary N) is 1.